The molecule has 2 heterocycles. The molecular weight excluding hydrogens is 228 g/mol. The predicted molar refractivity (Wildman–Crippen MR) is 58.9 cm³/mol. The largest absolute Gasteiger partial charge is 0.377 e. The molecule has 90 valence electrons. The van der Waals surface area contributed by atoms with E-state index >= 15 is 0 Å². The number of ether oxygens (including phenoxy) is 1. The van der Waals surface area contributed by atoms with E-state index < -0.39 is 9.84 Å². The molecule has 0 radical (unpaired) electrons. The summed E-state index contributed by atoms with van der Waals surface area (Å²) in [6.07, 6.45) is 5.67. The lowest BCUT2D eigenvalue weighted by Crippen LogP contribution is -2.27. The number of nitrogens with zero attached hydrogens (tertiary/aromatic N) is 2. The maximum absolute atomic E-state index is 12.0. The Morgan fingerprint density at radius 2 is 2.38 bits per heavy atom. The van der Waals surface area contributed by atoms with Crippen molar-refractivity contribution in [3.8, 4) is 0 Å². The molecule has 1 aliphatic heterocycles. The van der Waals surface area contributed by atoms with Crippen molar-refractivity contribution in [3.63, 3.8) is 0 Å². The summed E-state index contributed by atoms with van der Waals surface area (Å²) < 4.78 is 30.9. The minimum absolute atomic E-state index is 0.0681. The Morgan fingerprint density at radius 1 is 1.56 bits per heavy atom. The Kier molecular flexibility index (Phi) is 3.30. The van der Waals surface area contributed by atoms with Gasteiger partial charge < -0.3 is 4.74 Å². The van der Waals surface area contributed by atoms with Gasteiger partial charge in [-0.15, -0.1) is 0 Å². The summed E-state index contributed by atoms with van der Waals surface area (Å²) in [4.78, 5) is 0.282. The Labute approximate surface area is 95.3 Å². The quantitative estimate of drug-likeness (QED) is 0.787. The van der Waals surface area contributed by atoms with Gasteiger partial charge in [-0.05, 0) is 19.3 Å². The van der Waals surface area contributed by atoms with E-state index in [0.717, 1.165) is 19.3 Å². The van der Waals surface area contributed by atoms with Crippen LogP contribution in [-0.4, -0.2) is 36.7 Å². The number of hydrogen-bond donors (Lipinski definition) is 0. The Balaban J connectivity index is 2.07. The van der Waals surface area contributed by atoms with Crippen LogP contribution >= 0.6 is 0 Å². The van der Waals surface area contributed by atoms with Crippen molar-refractivity contribution in [2.75, 3.05) is 12.4 Å². The molecule has 1 unspecified atom stereocenters. The van der Waals surface area contributed by atoms with Crippen LogP contribution in [0.2, 0.25) is 0 Å². The molecule has 16 heavy (non-hydrogen) atoms. The molecule has 0 amide bonds. The first-order valence-electron chi connectivity index (χ1n) is 5.41. The molecule has 2 rings (SSSR count). The summed E-state index contributed by atoms with van der Waals surface area (Å²) in [5.74, 6) is 0.0681. The van der Waals surface area contributed by atoms with Crippen molar-refractivity contribution in [2.24, 2.45) is 7.05 Å². The number of sulfone groups is 1. The van der Waals surface area contributed by atoms with Crippen LogP contribution in [0.4, 0.5) is 0 Å². The van der Waals surface area contributed by atoms with Crippen LogP contribution in [0.1, 0.15) is 19.3 Å². The molecule has 1 atom stereocenters. The Morgan fingerprint density at radius 3 is 2.94 bits per heavy atom. The molecule has 6 heteroatoms. The van der Waals surface area contributed by atoms with Crippen LogP contribution in [0.5, 0.6) is 0 Å². The molecular formula is C10H16N2O3S. The first-order chi connectivity index (χ1) is 7.58. The molecule has 1 saturated heterocycles. The second-order valence-corrected chi connectivity index (χ2v) is 6.15. The third-order valence-corrected chi connectivity index (χ3v) is 4.46. The highest BCUT2D eigenvalue weighted by Gasteiger charge is 2.24. The zero-order chi connectivity index (χ0) is 11.6. The minimum atomic E-state index is -3.25. The third-order valence-electron chi connectivity index (χ3n) is 2.72. The van der Waals surface area contributed by atoms with E-state index in [9.17, 15) is 8.42 Å². The average molecular weight is 244 g/mol. The normalized spacial score (nSPS) is 22.2. The van der Waals surface area contributed by atoms with Gasteiger partial charge in [-0.1, -0.05) is 0 Å². The minimum Gasteiger partial charge on any atom is -0.377 e. The fourth-order valence-corrected chi connectivity index (χ4v) is 3.30. The van der Waals surface area contributed by atoms with E-state index in [1.165, 1.54) is 17.1 Å². The van der Waals surface area contributed by atoms with Crippen LogP contribution in [0, 0.1) is 0 Å². The molecule has 0 spiro atoms. The Hall–Kier alpha value is -0.880. The standard InChI is InChI=1S/C10H16N2O3S/c1-12-7-10(6-11-12)16(13,14)8-9-4-2-3-5-15-9/h6-7,9H,2-5,8H2,1H3. The molecule has 5 nitrogen and oxygen atoms in total. The van der Waals surface area contributed by atoms with Gasteiger partial charge in [0.05, 0.1) is 18.1 Å². The van der Waals surface area contributed by atoms with Gasteiger partial charge in [0.2, 0.25) is 0 Å². The summed E-state index contributed by atoms with van der Waals surface area (Å²) in [5, 5.41) is 3.87. The summed E-state index contributed by atoms with van der Waals surface area (Å²) >= 11 is 0. The Bertz CT molecular complexity index is 446. The van der Waals surface area contributed by atoms with Crippen molar-refractivity contribution in [2.45, 2.75) is 30.3 Å². The van der Waals surface area contributed by atoms with E-state index in [4.69, 9.17) is 4.74 Å². The smallest absolute Gasteiger partial charge is 0.184 e. The highest BCUT2D eigenvalue weighted by Crippen LogP contribution is 2.18. The number of hydrogen-bond acceptors (Lipinski definition) is 4. The van der Waals surface area contributed by atoms with Crippen LogP contribution in [0.3, 0.4) is 0 Å². The molecule has 1 aromatic heterocycles. The van der Waals surface area contributed by atoms with Crippen molar-refractivity contribution in [1.29, 1.82) is 0 Å². The van der Waals surface area contributed by atoms with E-state index in [1.54, 1.807) is 7.05 Å². The molecule has 0 aromatic carbocycles. The molecule has 0 aliphatic carbocycles. The van der Waals surface area contributed by atoms with Crippen molar-refractivity contribution < 1.29 is 13.2 Å². The van der Waals surface area contributed by atoms with Gasteiger partial charge in [0.1, 0.15) is 4.90 Å². The van der Waals surface area contributed by atoms with Gasteiger partial charge in [-0.3, -0.25) is 4.68 Å². The highest BCUT2D eigenvalue weighted by atomic mass is 32.2. The van der Waals surface area contributed by atoms with Crippen LogP contribution in [0.25, 0.3) is 0 Å². The zero-order valence-corrected chi connectivity index (χ0v) is 10.1. The van der Waals surface area contributed by atoms with E-state index in [2.05, 4.69) is 5.10 Å². The number of aryl methyl sites for hydroxylation is 1. The zero-order valence-electron chi connectivity index (χ0n) is 9.30. The van der Waals surface area contributed by atoms with Crippen molar-refractivity contribution >= 4 is 9.84 Å². The van der Waals surface area contributed by atoms with E-state index in [0.29, 0.717) is 6.61 Å². The molecule has 1 fully saturated rings. The molecule has 0 N–H and O–H groups in total. The summed E-state index contributed by atoms with van der Waals surface area (Å²) in [6, 6.07) is 0. The number of aromatic nitrogens is 2. The lowest BCUT2D eigenvalue weighted by atomic mass is 10.1. The molecule has 1 aromatic rings. The van der Waals surface area contributed by atoms with E-state index in [-0.39, 0.29) is 16.8 Å². The summed E-state index contributed by atoms with van der Waals surface area (Å²) in [6.45, 7) is 0.674. The van der Waals surface area contributed by atoms with Gasteiger partial charge in [0.15, 0.2) is 9.84 Å². The molecule has 1 aliphatic rings. The average Bonchev–Trinajstić information content (AvgIpc) is 2.66. The highest BCUT2D eigenvalue weighted by molar-refractivity contribution is 7.91. The van der Waals surface area contributed by atoms with Gasteiger partial charge in [0, 0.05) is 19.9 Å². The third kappa shape index (κ3) is 2.62. The lowest BCUT2D eigenvalue weighted by Gasteiger charge is -2.21. The van der Waals surface area contributed by atoms with Crippen molar-refractivity contribution in [1.82, 2.24) is 9.78 Å². The van der Waals surface area contributed by atoms with Gasteiger partial charge in [-0.25, -0.2) is 8.42 Å². The topological polar surface area (TPSA) is 61.2 Å². The summed E-state index contributed by atoms with van der Waals surface area (Å²) in [5.41, 5.74) is 0. The second-order valence-electron chi connectivity index (χ2n) is 4.12. The van der Waals surface area contributed by atoms with Crippen LogP contribution < -0.4 is 0 Å². The first-order valence-corrected chi connectivity index (χ1v) is 7.06. The molecule has 0 bridgehead atoms. The lowest BCUT2D eigenvalue weighted by molar-refractivity contribution is 0.0305. The van der Waals surface area contributed by atoms with Crippen LogP contribution in [0.15, 0.2) is 17.3 Å². The maximum atomic E-state index is 12.0. The number of rotatable bonds is 3. The molecule has 0 saturated carbocycles. The second kappa shape index (κ2) is 4.55. The fourth-order valence-electron chi connectivity index (χ4n) is 1.84. The predicted octanol–water partition coefficient (Wildman–Crippen LogP) is 0.763. The van der Waals surface area contributed by atoms with Gasteiger partial charge in [0.25, 0.3) is 0 Å². The van der Waals surface area contributed by atoms with E-state index in [1.807, 2.05) is 0 Å². The van der Waals surface area contributed by atoms with Gasteiger partial charge >= 0.3 is 0 Å². The fraction of sp³-hybridized carbons (Fsp3) is 0.700. The SMILES string of the molecule is Cn1cc(S(=O)(=O)CC2CCCCO2)cn1. The van der Waals surface area contributed by atoms with Crippen LogP contribution in [-0.2, 0) is 21.6 Å². The maximum Gasteiger partial charge on any atom is 0.184 e. The summed E-state index contributed by atoms with van der Waals surface area (Å²) in [7, 11) is -1.54. The van der Waals surface area contributed by atoms with Crippen molar-refractivity contribution in [3.05, 3.63) is 12.4 Å². The van der Waals surface area contributed by atoms with Gasteiger partial charge in [-0.2, -0.15) is 5.10 Å². The monoisotopic (exact) mass is 244 g/mol. The first kappa shape index (κ1) is 11.6.